The third kappa shape index (κ3) is 2.52. The van der Waals surface area contributed by atoms with Crippen molar-refractivity contribution in [3.63, 3.8) is 0 Å². The van der Waals surface area contributed by atoms with E-state index in [4.69, 9.17) is 0 Å². The van der Waals surface area contributed by atoms with Crippen LogP contribution in [0.15, 0.2) is 41.5 Å². The number of hydrazone groups is 1. The Kier molecular flexibility index (Phi) is 3.80. The first-order chi connectivity index (χ1) is 12.7. The number of allylic oxidation sites excluding steroid dienone is 1. The molecule has 1 aromatic carbocycles. The van der Waals surface area contributed by atoms with Crippen molar-refractivity contribution in [2.45, 2.75) is 32.9 Å². The third-order valence-corrected chi connectivity index (χ3v) is 5.38. The summed E-state index contributed by atoms with van der Waals surface area (Å²) in [6, 6.07) is 3.97. The summed E-state index contributed by atoms with van der Waals surface area (Å²) in [5, 5.41) is 5.89. The van der Waals surface area contributed by atoms with Crippen molar-refractivity contribution < 1.29 is 18.8 Å². The van der Waals surface area contributed by atoms with Crippen LogP contribution in [0.2, 0.25) is 0 Å². The Morgan fingerprint density at radius 3 is 2.33 bits per heavy atom. The Balaban J connectivity index is 1.79. The highest BCUT2D eigenvalue weighted by Crippen LogP contribution is 2.47. The lowest BCUT2D eigenvalue weighted by atomic mass is 9.80. The highest BCUT2D eigenvalue weighted by Gasteiger charge is 2.64. The molecule has 27 heavy (non-hydrogen) atoms. The number of imide groups is 1. The quantitative estimate of drug-likeness (QED) is 0.749. The molecular weight excluding hydrogens is 349 g/mol. The Morgan fingerprint density at radius 1 is 1.07 bits per heavy atom. The molecule has 2 amide bonds. The zero-order valence-electron chi connectivity index (χ0n) is 15.3. The molecule has 0 unspecified atom stereocenters. The van der Waals surface area contributed by atoms with Crippen LogP contribution in [-0.4, -0.2) is 40.9 Å². The Bertz CT molecular complexity index is 885. The summed E-state index contributed by atoms with van der Waals surface area (Å²) in [5.74, 6) is -2.88. The molecule has 0 radical (unpaired) electrons. The summed E-state index contributed by atoms with van der Waals surface area (Å²) < 4.78 is 13.3. The van der Waals surface area contributed by atoms with Gasteiger partial charge in [-0.3, -0.25) is 19.4 Å². The van der Waals surface area contributed by atoms with Crippen LogP contribution in [0.5, 0.6) is 0 Å². The average Bonchev–Trinajstić information content (AvgIpc) is 3.08. The highest BCUT2D eigenvalue weighted by molar-refractivity contribution is 6.24. The van der Waals surface area contributed by atoms with Crippen LogP contribution in [0, 0.1) is 23.1 Å². The summed E-state index contributed by atoms with van der Waals surface area (Å²) >= 11 is 0. The van der Waals surface area contributed by atoms with Gasteiger partial charge in [0.25, 0.3) is 0 Å². The minimum absolute atomic E-state index is 0.130. The molecule has 0 bridgehead atoms. The number of hydrogen-bond donors (Lipinski definition) is 0. The second-order valence-electron chi connectivity index (χ2n) is 8.12. The van der Waals surface area contributed by atoms with Gasteiger partial charge >= 0.3 is 0 Å². The second-order valence-corrected chi connectivity index (χ2v) is 8.12. The van der Waals surface area contributed by atoms with Gasteiger partial charge in [-0.15, -0.1) is 0 Å². The number of halogens is 1. The predicted octanol–water partition coefficient (Wildman–Crippen LogP) is 2.15. The minimum Gasteiger partial charge on any atom is -0.297 e. The van der Waals surface area contributed by atoms with E-state index in [0.717, 1.165) is 4.90 Å². The zero-order chi connectivity index (χ0) is 19.5. The van der Waals surface area contributed by atoms with E-state index in [1.54, 1.807) is 44.1 Å². The molecule has 3 heterocycles. The van der Waals surface area contributed by atoms with Gasteiger partial charge in [0, 0.05) is 11.6 Å². The second kappa shape index (κ2) is 5.84. The van der Waals surface area contributed by atoms with E-state index in [1.807, 2.05) is 0 Å². The number of rotatable bonds is 2. The average molecular weight is 369 g/mol. The lowest BCUT2D eigenvalue weighted by Crippen LogP contribution is -2.49. The molecule has 3 aliphatic heterocycles. The van der Waals surface area contributed by atoms with Crippen LogP contribution < -0.4 is 4.90 Å². The van der Waals surface area contributed by atoms with Crippen LogP contribution in [0.1, 0.15) is 20.8 Å². The van der Waals surface area contributed by atoms with Crippen molar-refractivity contribution in [3.8, 4) is 0 Å². The molecule has 0 aliphatic carbocycles. The van der Waals surface area contributed by atoms with Crippen LogP contribution >= 0.6 is 0 Å². The molecule has 0 saturated carbocycles. The number of nitrogens with zero attached hydrogens (tertiary/aromatic N) is 3. The summed E-state index contributed by atoms with van der Waals surface area (Å²) in [6.07, 6.45) is 5.09. The van der Waals surface area contributed by atoms with E-state index >= 15 is 0 Å². The molecule has 0 N–H and O–H groups in total. The van der Waals surface area contributed by atoms with Gasteiger partial charge in [0.1, 0.15) is 11.9 Å². The largest absolute Gasteiger partial charge is 0.297 e. The maximum atomic E-state index is 13.3. The monoisotopic (exact) mass is 369 g/mol. The van der Waals surface area contributed by atoms with Crippen molar-refractivity contribution in [1.29, 1.82) is 0 Å². The fourth-order valence-electron chi connectivity index (χ4n) is 4.13. The van der Waals surface area contributed by atoms with Gasteiger partial charge in [0.05, 0.1) is 23.6 Å². The van der Waals surface area contributed by atoms with E-state index < -0.39 is 41.1 Å². The van der Waals surface area contributed by atoms with Crippen LogP contribution in [-0.2, 0) is 14.4 Å². The number of carbonyl (C=O) groups excluding carboxylic acids is 3. The number of Topliss-reactive ketones (excluding diaryl/α,β-unsaturated/α-hetero) is 1. The smallest absolute Gasteiger partial charge is 0.240 e. The van der Waals surface area contributed by atoms with Crippen molar-refractivity contribution in [2.75, 3.05) is 4.90 Å². The Labute approximate surface area is 156 Å². The number of fused-ring (bicyclic) bond motifs is 3. The van der Waals surface area contributed by atoms with E-state index in [9.17, 15) is 18.8 Å². The molecular formula is C20H20FN3O3. The van der Waals surface area contributed by atoms with Crippen LogP contribution in [0.3, 0.4) is 0 Å². The van der Waals surface area contributed by atoms with Gasteiger partial charge in [-0.1, -0.05) is 26.8 Å². The molecule has 0 spiro atoms. The molecule has 140 valence electrons. The molecule has 7 heteroatoms. The summed E-state index contributed by atoms with van der Waals surface area (Å²) in [7, 11) is 0. The normalized spacial score (nSPS) is 29.3. The number of amides is 2. The number of ketones is 1. The van der Waals surface area contributed by atoms with Gasteiger partial charge in [0.2, 0.25) is 11.8 Å². The lowest BCUT2D eigenvalue weighted by Gasteiger charge is -2.33. The van der Waals surface area contributed by atoms with Crippen LogP contribution in [0.25, 0.3) is 0 Å². The van der Waals surface area contributed by atoms with E-state index in [2.05, 4.69) is 5.10 Å². The number of benzene rings is 1. The van der Waals surface area contributed by atoms with Crippen molar-refractivity contribution in [2.24, 2.45) is 22.4 Å². The first-order valence-electron chi connectivity index (χ1n) is 8.88. The van der Waals surface area contributed by atoms with Gasteiger partial charge < -0.3 is 0 Å². The van der Waals surface area contributed by atoms with Crippen LogP contribution in [0.4, 0.5) is 10.1 Å². The van der Waals surface area contributed by atoms with Gasteiger partial charge in [0.15, 0.2) is 5.78 Å². The molecule has 1 aromatic rings. The fourth-order valence-corrected chi connectivity index (χ4v) is 4.13. The first kappa shape index (κ1) is 17.6. The topological polar surface area (TPSA) is 70.0 Å². The first-order valence-corrected chi connectivity index (χ1v) is 8.88. The minimum atomic E-state index is -0.806. The SMILES string of the molecule is CC(C)(C)C(=O)[C@@H]1[C@@H]2C(=O)N(c3ccc(F)cc3)C(=O)[C@@H]2[C@H]2C=CC=NN21. The number of hydrogen-bond acceptors (Lipinski definition) is 5. The third-order valence-electron chi connectivity index (χ3n) is 5.38. The Hall–Kier alpha value is -2.83. The fraction of sp³-hybridized carbons (Fsp3) is 0.400. The van der Waals surface area contributed by atoms with E-state index in [0.29, 0.717) is 5.69 Å². The van der Waals surface area contributed by atoms with Gasteiger partial charge in [-0.05, 0) is 30.3 Å². The summed E-state index contributed by atoms with van der Waals surface area (Å²) in [4.78, 5) is 40.6. The number of anilines is 1. The predicted molar refractivity (Wildman–Crippen MR) is 97.4 cm³/mol. The van der Waals surface area contributed by atoms with Gasteiger partial charge in [-0.25, -0.2) is 9.29 Å². The maximum Gasteiger partial charge on any atom is 0.240 e. The van der Waals surface area contributed by atoms with E-state index in [-0.39, 0.29) is 11.7 Å². The highest BCUT2D eigenvalue weighted by atomic mass is 19.1. The number of carbonyl (C=O) groups is 3. The molecule has 6 nitrogen and oxygen atoms in total. The summed E-state index contributed by atoms with van der Waals surface area (Å²) in [5.41, 5.74) is -0.370. The summed E-state index contributed by atoms with van der Waals surface area (Å²) in [6.45, 7) is 5.38. The molecule has 4 rings (SSSR count). The van der Waals surface area contributed by atoms with Crippen molar-refractivity contribution >= 4 is 29.5 Å². The van der Waals surface area contributed by atoms with Crippen molar-refractivity contribution in [3.05, 3.63) is 42.2 Å². The Morgan fingerprint density at radius 2 is 1.70 bits per heavy atom. The molecule has 3 aliphatic rings. The van der Waals surface area contributed by atoms with E-state index in [1.165, 1.54) is 24.3 Å². The molecule has 2 fully saturated rings. The molecule has 4 atom stereocenters. The standard InChI is InChI=1S/C20H20FN3O3/c1-20(2,3)17(25)16-15-14(13-5-4-10-22-24(13)16)18(26)23(19(15)27)12-8-6-11(21)7-9-12/h4-10,13-16H,1-3H3/t13-,14-,15-,16+/m1/s1. The maximum absolute atomic E-state index is 13.3. The molecule has 0 aromatic heterocycles. The van der Waals surface area contributed by atoms with Gasteiger partial charge in [-0.2, -0.15) is 5.10 Å². The van der Waals surface area contributed by atoms with Crippen molar-refractivity contribution in [1.82, 2.24) is 5.01 Å². The zero-order valence-corrected chi connectivity index (χ0v) is 15.3. The lowest BCUT2D eigenvalue weighted by molar-refractivity contribution is -0.136. The molecule has 2 saturated heterocycles.